The zero-order valence-corrected chi connectivity index (χ0v) is 11.6. The van der Waals surface area contributed by atoms with Crippen LogP contribution in [-0.2, 0) is 10.5 Å². The smallest absolute Gasteiger partial charge is 0.319 e. The van der Waals surface area contributed by atoms with Crippen LogP contribution in [0.3, 0.4) is 0 Å². The van der Waals surface area contributed by atoms with Gasteiger partial charge in [-0.15, -0.1) is 11.8 Å². The van der Waals surface area contributed by atoms with Crippen LogP contribution in [-0.4, -0.2) is 20.8 Å². The lowest BCUT2D eigenvalue weighted by Crippen LogP contribution is -2.27. The molecular formula is C14H15NO3S. The van der Waals surface area contributed by atoms with Crippen LogP contribution in [0.5, 0.6) is 0 Å². The summed E-state index contributed by atoms with van der Waals surface area (Å²) in [6.07, 6.45) is 1.58. The third kappa shape index (κ3) is 3.38. The second-order valence-corrected chi connectivity index (χ2v) is 6.21. The minimum absolute atomic E-state index is 0.510. The summed E-state index contributed by atoms with van der Waals surface area (Å²) >= 11 is 1.33. The summed E-state index contributed by atoms with van der Waals surface area (Å²) < 4.78 is 4.58. The number of carbonyl (C=O) groups is 1. The average Bonchev–Trinajstić information content (AvgIpc) is 2.86. The van der Waals surface area contributed by atoms with Crippen molar-refractivity contribution in [3.8, 4) is 11.5 Å². The van der Waals surface area contributed by atoms with Crippen molar-refractivity contribution in [3.63, 3.8) is 0 Å². The number of carboxylic acids is 1. The Balaban J connectivity index is 2.05. The highest BCUT2D eigenvalue weighted by Crippen LogP contribution is 2.29. The molecule has 100 valence electrons. The van der Waals surface area contributed by atoms with Gasteiger partial charge >= 0.3 is 5.97 Å². The largest absolute Gasteiger partial charge is 0.480 e. The fourth-order valence-corrected chi connectivity index (χ4v) is 2.17. The standard InChI is InChI=1S/C14H15NO3S/c1-14(2,13(16)17)19-9-11-8-18-12(15-11)10-6-4-3-5-7-10/h3-8H,9H2,1-2H3,(H,16,17). The molecule has 1 aromatic heterocycles. The second kappa shape index (κ2) is 5.48. The van der Waals surface area contributed by atoms with E-state index in [4.69, 9.17) is 9.52 Å². The summed E-state index contributed by atoms with van der Waals surface area (Å²) in [6, 6.07) is 9.61. The van der Waals surface area contributed by atoms with Gasteiger partial charge in [-0.05, 0) is 26.0 Å². The zero-order chi connectivity index (χ0) is 13.9. The van der Waals surface area contributed by atoms with E-state index in [1.165, 1.54) is 11.8 Å². The Hall–Kier alpha value is -1.75. The van der Waals surface area contributed by atoms with E-state index >= 15 is 0 Å². The van der Waals surface area contributed by atoms with Crippen LogP contribution in [0.2, 0.25) is 0 Å². The normalized spacial score (nSPS) is 11.5. The summed E-state index contributed by atoms with van der Waals surface area (Å²) in [5.74, 6) is 0.240. The molecule has 0 spiro atoms. The van der Waals surface area contributed by atoms with E-state index in [9.17, 15) is 4.79 Å². The van der Waals surface area contributed by atoms with Crippen LogP contribution in [0.1, 0.15) is 19.5 Å². The number of nitrogens with zero attached hydrogens (tertiary/aromatic N) is 1. The molecular weight excluding hydrogens is 262 g/mol. The van der Waals surface area contributed by atoms with Crippen molar-refractivity contribution in [1.29, 1.82) is 0 Å². The summed E-state index contributed by atoms with van der Waals surface area (Å²) in [5, 5.41) is 9.04. The molecule has 0 amide bonds. The van der Waals surface area contributed by atoms with Crippen LogP contribution < -0.4 is 0 Å². The van der Waals surface area contributed by atoms with Gasteiger partial charge in [-0.2, -0.15) is 0 Å². The Morgan fingerprint density at radius 3 is 2.68 bits per heavy atom. The molecule has 0 fully saturated rings. The molecule has 5 heteroatoms. The number of benzene rings is 1. The molecule has 0 saturated carbocycles. The summed E-state index contributed by atoms with van der Waals surface area (Å²) in [4.78, 5) is 15.4. The molecule has 0 saturated heterocycles. The molecule has 2 aromatic rings. The first-order valence-electron chi connectivity index (χ1n) is 5.86. The number of aromatic nitrogens is 1. The second-order valence-electron chi connectivity index (χ2n) is 4.61. The van der Waals surface area contributed by atoms with Gasteiger partial charge in [0.05, 0.1) is 5.69 Å². The van der Waals surface area contributed by atoms with Crippen molar-refractivity contribution in [1.82, 2.24) is 4.98 Å². The Morgan fingerprint density at radius 1 is 1.37 bits per heavy atom. The maximum Gasteiger partial charge on any atom is 0.319 e. The number of hydrogen-bond acceptors (Lipinski definition) is 4. The van der Waals surface area contributed by atoms with Crippen molar-refractivity contribution in [2.24, 2.45) is 0 Å². The molecule has 0 bridgehead atoms. The van der Waals surface area contributed by atoms with Gasteiger partial charge in [0.2, 0.25) is 5.89 Å². The van der Waals surface area contributed by atoms with Crippen LogP contribution in [0.15, 0.2) is 41.0 Å². The monoisotopic (exact) mass is 277 g/mol. The molecule has 19 heavy (non-hydrogen) atoms. The maximum atomic E-state index is 11.0. The van der Waals surface area contributed by atoms with E-state index in [1.807, 2.05) is 30.3 Å². The SMILES string of the molecule is CC(C)(SCc1coc(-c2ccccc2)n1)C(=O)O. The topological polar surface area (TPSA) is 63.3 Å². The van der Waals surface area contributed by atoms with Gasteiger partial charge in [-0.1, -0.05) is 18.2 Å². The molecule has 0 unspecified atom stereocenters. The van der Waals surface area contributed by atoms with Crippen LogP contribution >= 0.6 is 11.8 Å². The molecule has 0 aliphatic rings. The first-order chi connectivity index (χ1) is 8.99. The minimum Gasteiger partial charge on any atom is -0.480 e. The van der Waals surface area contributed by atoms with Gasteiger partial charge in [-0.25, -0.2) is 4.98 Å². The molecule has 1 aromatic carbocycles. The summed E-state index contributed by atoms with van der Waals surface area (Å²) in [6.45, 7) is 3.36. The zero-order valence-electron chi connectivity index (χ0n) is 10.8. The maximum absolute atomic E-state index is 11.0. The number of oxazole rings is 1. The van der Waals surface area contributed by atoms with Crippen molar-refractivity contribution < 1.29 is 14.3 Å². The molecule has 0 aliphatic heterocycles. The fourth-order valence-electron chi connectivity index (χ4n) is 1.40. The lowest BCUT2D eigenvalue weighted by atomic mass is 10.2. The first kappa shape index (κ1) is 13.7. The first-order valence-corrected chi connectivity index (χ1v) is 6.85. The van der Waals surface area contributed by atoms with Gasteiger partial charge in [0.15, 0.2) is 0 Å². The van der Waals surface area contributed by atoms with Crippen molar-refractivity contribution in [2.75, 3.05) is 0 Å². The van der Waals surface area contributed by atoms with E-state index < -0.39 is 10.7 Å². The van der Waals surface area contributed by atoms with Gasteiger partial charge in [-0.3, -0.25) is 4.79 Å². The van der Waals surface area contributed by atoms with Gasteiger partial charge < -0.3 is 9.52 Å². The van der Waals surface area contributed by atoms with Crippen molar-refractivity contribution in [2.45, 2.75) is 24.3 Å². The quantitative estimate of drug-likeness (QED) is 0.907. The Bertz CT molecular complexity index is 563. The number of rotatable bonds is 5. The van der Waals surface area contributed by atoms with Crippen molar-refractivity contribution in [3.05, 3.63) is 42.3 Å². The Kier molecular flexibility index (Phi) is 3.95. The van der Waals surface area contributed by atoms with Crippen LogP contribution in [0.4, 0.5) is 0 Å². The molecule has 0 atom stereocenters. The number of carboxylic acid groups (broad SMARTS) is 1. The lowest BCUT2D eigenvalue weighted by molar-refractivity contribution is -0.138. The molecule has 0 radical (unpaired) electrons. The van der Waals surface area contributed by atoms with E-state index in [2.05, 4.69) is 4.98 Å². The van der Waals surface area contributed by atoms with Gasteiger partial charge in [0, 0.05) is 11.3 Å². The van der Waals surface area contributed by atoms with Crippen LogP contribution in [0.25, 0.3) is 11.5 Å². The lowest BCUT2D eigenvalue weighted by Gasteiger charge is -2.17. The number of aliphatic carboxylic acids is 1. The van der Waals surface area contributed by atoms with E-state index in [-0.39, 0.29) is 0 Å². The van der Waals surface area contributed by atoms with Gasteiger partial charge in [0.25, 0.3) is 0 Å². The molecule has 2 rings (SSSR count). The molecule has 1 N–H and O–H groups in total. The van der Waals surface area contributed by atoms with E-state index in [0.717, 1.165) is 11.3 Å². The van der Waals surface area contributed by atoms with Crippen molar-refractivity contribution >= 4 is 17.7 Å². The molecule has 0 aliphatic carbocycles. The number of thioether (sulfide) groups is 1. The third-order valence-electron chi connectivity index (χ3n) is 2.67. The summed E-state index contributed by atoms with van der Waals surface area (Å²) in [5.41, 5.74) is 1.66. The average molecular weight is 277 g/mol. The Morgan fingerprint density at radius 2 is 2.05 bits per heavy atom. The highest BCUT2D eigenvalue weighted by Gasteiger charge is 2.27. The van der Waals surface area contributed by atoms with E-state index in [1.54, 1.807) is 20.1 Å². The highest BCUT2D eigenvalue weighted by molar-refractivity contribution is 8.00. The fraction of sp³-hybridized carbons (Fsp3) is 0.286. The van der Waals surface area contributed by atoms with Gasteiger partial charge in [0.1, 0.15) is 11.0 Å². The van der Waals surface area contributed by atoms with Crippen LogP contribution in [0, 0.1) is 0 Å². The highest BCUT2D eigenvalue weighted by atomic mass is 32.2. The third-order valence-corrected chi connectivity index (χ3v) is 4.00. The summed E-state index contributed by atoms with van der Waals surface area (Å²) in [7, 11) is 0. The van der Waals surface area contributed by atoms with E-state index in [0.29, 0.717) is 11.6 Å². The predicted molar refractivity (Wildman–Crippen MR) is 74.9 cm³/mol. The predicted octanol–water partition coefficient (Wildman–Crippen LogP) is 3.44. The minimum atomic E-state index is -0.829. The molecule has 4 nitrogen and oxygen atoms in total. The number of hydrogen-bond donors (Lipinski definition) is 1. The molecule has 1 heterocycles. The Labute approximate surface area is 115 Å².